The number of carbonyl (C=O) groups excluding carboxylic acids is 1. The van der Waals surface area contributed by atoms with Crippen LogP contribution in [-0.2, 0) is 0 Å². The van der Waals surface area contributed by atoms with Gasteiger partial charge >= 0.3 is 0 Å². The van der Waals surface area contributed by atoms with Crippen molar-refractivity contribution in [2.75, 3.05) is 0 Å². The number of nitrogens with one attached hydrogen (secondary N) is 1. The second-order valence-electron chi connectivity index (χ2n) is 4.73. The predicted octanol–water partition coefficient (Wildman–Crippen LogP) is 3.39. The molecule has 0 saturated carbocycles. The van der Waals surface area contributed by atoms with E-state index in [-0.39, 0.29) is 11.8 Å². The zero-order valence-electron chi connectivity index (χ0n) is 10.3. The molecule has 1 heterocycles. The summed E-state index contributed by atoms with van der Waals surface area (Å²) in [6, 6.07) is 6.28. The highest BCUT2D eigenvalue weighted by Gasteiger charge is 2.16. The van der Waals surface area contributed by atoms with Crippen LogP contribution in [0.1, 0.15) is 40.9 Å². The largest absolute Gasteiger partial charge is 0.378 e. The van der Waals surface area contributed by atoms with E-state index in [1.54, 1.807) is 0 Å². The molecule has 3 rings (SSSR count). The molecule has 2 aliphatic rings. The monoisotopic (exact) mass is 237 g/mol. The van der Waals surface area contributed by atoms with Crippen LogP contribution in [0.25, 0.3) is 6.08 Å². The number of carbonyl (C=O) groups is 1. The number of rotatable bonds is 1. The van der Waals surface area contributed by atoms with Crippen molar-refractivity contribution in [3.8, 4) is 0 Å². The van der Waals surface area contributed by atoms with Crippen LogP contribution in [0.3, 0.4) is 0 Å². The van der Waals surface area contributed by atoms with Gasteiger partial charge in [0.1, 0.15) is 0 Å². The Kier molecular flexibility index (Phi) is 2.63. The Balaban J connectivity index is 1.96. The molecule has 0 fully saturated rings. The molecule has 1 aliphatic carbocycles. The molecular formula is C16H15NO. The molecule has 0 bridgehead atoms. The van der Waals surface area contributed by atoms with Crippen LogP contribution < -0.4 is 5.32 Å². The molecule has 0 amide bonds. The molecular weight excluding hydrogens is 222 g/mol. The number of benzene rings is 1. The Hall–Kier alpha value is -2.09. The number of allylic oxidation sites excluding steroid dienone is 4. The van der Waals surface area contributed by atoms with Crippen LogP contribution in [0.5, 0.6) is 0 Å². The summed E-state index contributed by atoms with van der Waals surface area (Å²) in [6.45, 7) is 2.05. The first-order valence-electron chi connectivity index (χ1n) is 6.19. The highest BCUT2D eigenvalue weighted by Crippen LogP contribution is 2.25. The van der Waals surface area contributed by atoms with Crippen molar-refractivity contribution in [2.45, 2.75) is 19.4 Å². The zero-order valence-corrected chi connectivity index (χ0v) is 10.3. The number of dihydropyridines is 1. The molecule has 0 radical (unpaired) electrons. The Morgan fingerprint density at radius 3 is 3.06 bits per heavy atom. The maximum absolute atomic E-state index is 11.7. The molecule has 90 valence electrons. The first-order chi connectivity index (χ1) is 8.74. The summed E-state index contributed by atoms with van der Waals surface area (Å²) in [4.78, 5) is 11.7. The summed E-state index contributed by atoms with van der Waals surface area (Å²) in [5, 5.41) is 3.42. The van der Waals surface area contributed by atoms with E-state index in [1.165, 1.54) is 5.56 Å². The number of fused-ring (bicyclic) bond motifs is 1. The van der Waals surface area contributed by atoms with Crippen molar-refractivity contribution < 1.29 is 4.79 Å². The molecule has 1 aromatic carbocycles. The van der Waals surface area contributed by atoms with Gasteiger partial charge < -0.3 is 5.32 Å². The van der Waals surface area contributed by atoms with Crippen molar-refractivity contribution >= 4 is 11.9 Å². The van der Waals surface area contributed by atoms with E-state index in [9.17, 15) is 4.79 Å². The third-order valence-corrected chi connectivity index (χ3v) is 3.37. The van der Waals surface area contributed by atoms with Gasteiger partial charge in [-0.05, 0) is 30.2 Å². The summed E-state index contributed by atoms with van der Waals surface area (Å²) in [5.74, 6) is 0.210. The van der Waals surface area contributed by atoms with Crippen LogP contribution in [0, 0.1) is 0 Å². The molecule has 1 aromatic rings. The summed E-state index contributed by atoms with van der Waals surface area (Å²) in [5.41, 5.74) is 4.23. The molecule has 1 unspecified atom stereocenters. The minimum absolute atomic E-state index is 0.200. The number of hydrogen-bond acceptors (Lipinski definition) is 2. The topological polar surface area (TPSA) is 29.1 Å². The Labute approximate surface area is 107 Å². The lowest BCUT2D eigenvalue weighted by Gasteiger charge is -2.21. The highest BCUT2D eigenvalue weighted by atomic mass is 16.1. The van der Waals surface area contributed by atoms with Crippen LogP contribution in [0.4, 0.5) is 0 Å². The quantitative estimate of drug-likeness (QED) is 0.811. The lowest BCUT2D eigenvalue weighted by Crippen LogP contribution is -2.20. The van der Waals surface area contributed by atoms with Crippen LogP contribution in [0.2, 0.25) is 0 Å². The Bertz CT molecular complexity index is 593. The van der Waals surface area contributed by atoms with Gasteiger partial charge in [-0.25, -0.2) is 0 Å². The highest BCUT2D eigenvalue weighted by molar-refractivity contribution is 6.02. The van der Waals surface area contributed by atoms with Crippen molar-refractivity contribution in [2.24, 2.45) is 0 Å². The van der Waals surface area contributed by atoms with Gasteiger partial charge in [-0.2, -0.15) is 0 Å². The summed E-state index contributed by atoms with van der Waals surface area (Å²) in [6.07, 6.45) is 10.7. The second kappa shape index (κ2) is 4.30. The summed E-state index contributed by atoms with van der Waals surface area (Å²) >= 11 is 0. The minimum Gasteiger partial charge on any atom is -0.378 e. The van der Waals surface area contributed by atoms with Gasteiger partial charge in [0.15, 0.2) is 5.78 Å². The smallest absolute Gasteiger partial charge is 0.167 e. The molecule has 2 nitrogen and oxygen atoms in total. The van der Waals surface area contributed by atoms with Crippen LogP contribution in [-0.4, -0.2) is 5.78 Å². The van der Waals surface area contributed by atoms with Gasteiger partial charge in [0.2, 0.25) is 0 Å². The van der Waals surface area contributed by atoms with Gasteiger partial charge in [0, 0.05) is 17.7 Å². The van der Waals surface area contributed by atoms with Crippen molar-refractivity contribution in [3.63, 3.8) is 0 Å². The molecule has 18 heavy (non-hydrogen) atoms. The van der Waals surface area contributed by atoms with Gasteiger partial charge in [-0.15, -0.1) is 0 Å². The fourth-order valence-corrected chi connectivity index (χ4v) is 2.42. The SMILES string of the molecule is CC1=CC=CC(c2ccc3c(c2)C=CCC3=O)N1. The van der Waals surface area contributed by atoms with Gasteiger partial charge in [-0.3, -0.25) is 4.79 Å². The average molecular weight is 237 g/mol. The number of hydrogen-bond donors (Lipinski definition) is 1. The second-order valence-corrected chi connectivity index (χ2v) is 4.73. The third-order valence-electron chi connectivity index (χ3n) is 3.37. The van der Waals surface area contributed by atoms with Crippen molar-refractivity contribution in [1.82, 2.24) is 5.32 Å². The molecule has 0 aromatic heterocycles. The fourth-order valence-electron chi connectivity index (χ4n) is 2.42. The predicted molar refractivity (Wildman–Crippen MR) is 73.2 cm³/mol. The molecule has 1 atom stereocenters. The van der Waals surface area contributed by atoms with E-state index in [1.807, 2.05) is 24.3 Å². The lowest BCUT2D eigenvalue weighted by molar-refractivity contribution is 0.0994. The van der Waals surface area contributed by atoms with E-state index in [0.29, 0.717) is 6.42 Å². The van der Waals surface area contributed by atoms with Crippen LogP contribution in [0.15, 0.2) is 48.2 Å². The van der Waals surface area contributed by atoms with Crippen LogP contribution >= 0.6 is 0 Å². The van der Waals surface area contributed by atoms with E-state index in [0.717, 1.165) is 16.8 Å². The van der Waals surface area contributed by atoms with Gasteiger partial charge in [-0.1, -0.05) is 36.4 Å². The Morgan fingerprint density at radius 1 is 1.33 bits per heavy atom. The first kappa shape index (κ1) is 11.0. The fraction of sp³-hybridized carbons (Fsp3) is 0.188. The number of ketones is 1. The lowest BCUT2D eigenvalue weighted by atomic mass is 9.92. The van der Waals surface area contributed by atoms with Crippen molar-refractivity contribution in [1.29, 1.82) is 0 Å². The minimum atomic E-state index is 0.200. The Morgan fingerprint density at radius 2 is 2.22 bits per heavy atom. The molecule has 0 spiro atoms. The van der Waals surface area contributed by atoms with Crippen molar-refractivity contribution in [3.05, 3.63) is 64.9 Å². The van der Waals surface area contributed by atoms with E-state index < -0.39 is 0 Å². The molecule has 1 N–H and O–H groups in total. The summed E-state index contributed by atoms with van der Waals surface area (Å²) in [7, 11) is 0. The first-order valence-corrected chi connectivity index (χ1v) is 6.19. The average Bonchev–Trinajstić information content (AvgIpc) is 2.39. The number of Topliss-reactive ketones (excluding diaryl/α,β-unsaturated/α-hetero) is 1. The van der Waals surface area contributed by atoms with E-state index >= 15 is 0 Å². The molecule has 1 aliphatic heterocycles. The standard InChI is InChI=1S/C16H15NO/c1-11-4-2-6-15(17-11)13-8-9-14-12(10-13)5-3-7-16(14)18/h2-6,8-10,15,17H,7H2,1H3. The zero-order chi connectivity index (χ0) is 12.5. The van der Waals surface area contributed by atoms with E-state index in [4.69, 9.17) is 0 Å². The van der Waals surface area contributed by atoms with Gasteiger partial charge in [0.25, 0.3) is 0 Å². The van der Waals surface area contributed by atoms with Gasteiger partial charge in [0.05, 0.1) is 6.04 Å². The maximum atomic E-state index is 11.7. The molecule has 0 saturated heterocycles. The molecule has 2 heteroatoms. The van der Waals surface area contributed by atoms with E-state index in [2.05, 4.69) is 36.5 Å². The maximum Gasteiger partial charge on any atom is 0.167 e. The third kappa shape index (κ3) is 1.90. The normalized spacial score (nSPS) is 21.3. The summed E-state index contributed by atoms with van der Waals surface area (Å²) < 4.78 is 0.